The van der Waals surface area contributed by atoms with Crippen LogP contribution >= 0.6 is 7.60 Å². The highest BCUT2D eigenvalue weighted by atomic mass is 31.2. The Morgan fingerprint density at radius 3 is 2.29 bits per heavy atom. The largest absolute Gasteiger partial charge is 0.378 e. The second-order valence-electron chi connectivity index (χ2n) is 3.90. The lowest BCUT2D eigenvalue weighted by Gasteiger charge is -2.11. The highest BCUT2D eigenvalue weighted by molar-refractivity contribution is 7.52. The molecular weight excluding hydrogens is 244 g/mol. The molecule has 0 aliphatic carbocycles. The number of rotatable bonds is 4. The van der Waals surface area contributed by atoms with Gasteiger partial charge in [0, 0.05) is 19.8 Å². The first-order chi connectivity index (χ1) is 7.78. The van der Waals surface area contributed by atoms with Crippen molar-refractivity contribution < 1.29 is 18.7 Å². The SMILES string of the molecule is CN(C)c1ccc(C=C(F)CP(=O)(O)O)cc1. The van der Waals surface area contributed by atoms with E-state index in [0.29, 0.717) is 5.56 Å². The average molecular weight is 259 g/mol. The van der Waals surface area contributed by atoms with Gasteiger partial charge in [-0.2, -0.15) is 0 Å². The Hall–Kier alpha value is -1.16. The number of halogens is 1. The van der Waals surface area contributed by atoms with Gasteiger partial charge in [-0.05, 0) is 23.8 Å². The molecule has 0 bridgehead atoms. The predicted molar refractivity (Wildman–Crippen MR) is 66.8 cm³/mol. The molecule has 17 heavy (non-hydrogen) atoms. The third-order valence-electron chi connectivity index (χ3n) is 2.09. The lowest BCUT2D eigenvalue weighted by molar-refractivity contribution is 0.372. The molecule has 0 aliphatic heterocycles. The summed E-state index contributed by atoms with van der Waals surface area (Å²) in [5.41, 5.74) is 1.54. The molecule has 0 aliphatic rings. The topological polar surface area (TPSA) is 60.8 Å². The van der Waals surface area contributed by atoms with Gasteiger partial charge in [-0.1, -0.05) is 12.1 Å². The Morgan fingerprint density at radius 2 is 1.88 bits per heavy atom. The van der Waals surface area contributed by atoms with E-state index in [-0.39, 0.29) is 0 Å². The lowest BCUT2D eigenvalue weighted by Crippen LogP contribution is -2.07. The van der Waals surface area contributed by atoms with Crippen LogP contribution in [0.15, 0.2) is 30.1 Å². The first-order valence-electron chi connectivity index (χ1n) is 4.96. The Balaban J connectivity index is 2.81. The van der Waals surface area contributed by atoms with E-state index in [1.807, 2.05) is 19.0 Å². The molecule has 6 heteroatoms. The molecule has 0 fully saturated rings. The zero-order valence-electron chi connectivity index (χ0n) is 9.67. The normalized spacial score (nSPS) is 12.6. The van der Waals surface area contributed by atoms with Crippen LogP contribution in [0.2, 0.25) is 0 Å². The summed E-state index contributed by atoms with van der Waals surface area (Å²) in [5.74, 6) is -0.823. The van der Waals surface area contributed by atoms with Crippen molar-refractivity contribution in [2.75, 3.05) is 25.2 Å². The van der Waals surface area contributed by atoms with Crippen molar-refractivity contribution >= 4 is 19.4 Å². The first kappa shape index (κ1) is 13.9. The quantitative estimate of drug-likeness (QED) is 0.814. The van der Waals surface area contributed by atoms with E-state index in [9.17, 15) is 8.96 Å². The average Bonchev–Trinajstić information content (AvgIpc) is 2.15. The van der Waals surface area contributed by atoms with Gasteiger partial charge < -0.3 is 14.7 Å². The van der Waals surface area contributed by atoms with Crippen LogP contribution in [0.1, 0.15) is 5.56 Å². The summed E-state index contributed by atoms with van der Waals surface area (Å²) < 4.78 is 23.8. The van der Waals surface area contributed by atoms with E-state index < -0.39 is 19.6 Å². The number of hydrogen-bond donors (Lipinski definition) is 2. The second-order valence-corrected chi connectivity index (χ2v) is 5.55. The van der Waals surface area contributed by atoms with Gasteiger partial charge >= 0.3 is 7.60 Å². The van der Waals surface area contributed by atoms with Crippen molar-refractivity contribution in [1.29, 1.82) is 0 Å². The molecule has 0 saturated heterocycles. The molecule has 0 saturated carbocycles. The molecule has 1 rings (SSSR count). The highest BCUT2D eigenvalue weighted by Gasteiger charge is 2.15. The Morgan fingerprint density at radius 1 is 1.35 bits per heavy atom. The fraction of sp³-hybridized carbons (Fsp3) is 0.273. The van der Waals surface area contributed by atoms with Crippen LogP contribution in [0.4, 0.5) is 10.1 Å². The summed E-state index contributed by atoms with van der Waals surface area (Å²) in [4.78, 5) is 19.1. The van der Waals surface area contributed by atoms with Gasteiger partial charge in [0.2, 0.25) is 0 Å². The molecular formula is C11H15FNO3P. The summed E-state index contributed by atoms with van der Waals surface area (Å²) in [6, 6.07) is 6.98. The Kier molecular flexibility index (Phi) is 4.46. The summed E-state index contributed by atoms with van der Waals surface area (Å²) in [6.45, 7) is 0. The van der Waals surface area contributed by atoms with E-state index in [2.05, 4.69) is 0 Å². The molecule has 0 heterocycles. The molecule has 0 amide bonds. The van der Waals surface area contributed by atoms with Gasteiger partial charge in [-0.25, -0.2) is 4.39 Å². The molecule has 2 N–H and O–H groups in total. The maximum Gasteiger partial charge on any atom is 0.332 e. The standard InChI is InChI=1S/C11H15FNO3P/c1-13(2)11-5-3-9(4-6-11)7-10(12)8-17(14,15)16/h3-7H,8H2,1-2H3,(H2,14,15,16). The second kappa shape index (κ2) is 5.45. The molecule has 1 aromatic carbocycles. The van der Waals surface area contributed by atoms with Crippen molar-refractivity contribution in [2.24, 2.45) is 0 Å². The predicted octanol–water partition coefficient (Wildman–Crippen LogP) is 2.24. The van der Waals surface area contributed by atoms with Gasteiger partial charge in [-0.3, -0.25) is 4.57 Å². The number of benzene rings is 1. The molecule has 94 valence electrons. The fourth-order valence-corrected chi connectivity index (χ4v) is 1.78. The molecule has 0 unspecified atom stereocenters. The van der Waals surface area contributed by atoms with Crippen molar-refractivity contribution in [3.05, 3.63) is 35.7 Å². The molecule has 4 nitrogen and oxygen atoms in total. The summed E-state index contributed by atoms with van der Waals surface area (Å²) in [6.07, 6.45) is 0.265. The van der Waals surface area contributed by atoms with Crippen molar-refractivity contribution in [2.45, 2.75) is 0 Å². The first-order valence-corrected chi connectivity index (χ1v) is 6.76. The minimum atomic E-state index is -4.34. The lowest BCUT2D eigenvalue weighted by atomic mass is 10.2. The van der Waals surface area contributed by atoms with E-state index in [0.717, 1.165) is 11.8 Å². The number of hydrogen-bond acceptors (Lipinski definition) is 2. The number of nitrogens with zero attached hydrogens (tertiary/aromatic N) is 1. The summed E-state index contributed by atoms with van der Waals surface area (Å²) in [7, 11) is -0.559. The molecule has 0 aromatic heterocycles. The van der Waals surface area contributed by atoms with E-state index in [1.165, 1.54) is 0 Å². The van der Waals surface area contributed by atoms with Crippen LogP contribution in [0.25, 0.3) is 6.08 Å². The monoisotopic (exact) mass is 259 g/mol. The zero-order chi connectivity index (χ0) is 13.1. The third kappa shape index (κ3) is 5.13. The van der Waals surface area contributed by atoms with E-state index in [4.69, 9.17) is 9.79 Å². The minimum absolute atomic E-state index is 0.571. The van der Waals surface area contributed by atoms with Gasteiger partial charge in [0.15, 0.2) is 0 Å². The fourth-order valence-electron chi connectivity index (χ4n) is 1.29. The van der Waals surface area contributed by atoms with Gasteiger partial charge in [-0.15, -0.1) is 0 Å². The zero-order valence-corrected chi connectivity index (χ0v) is 10.6. The molecule has 1 aromatic rings. The van der Waals surface area contributed by atoms with Crippen molar-refractivity contribution in [3.63, 3.8) is 0 Å². The van der Waals surface area contributed by atoms with Gasteiger partial charge in [0.25, 0.3) is 0 Å². The summed E-state index contributed by atoms with van der Waals surface area (Å²) >= 11 is 0. The Labute approximate surface area is 99.5 Å². The molecule has 0 atom stereocenters. The van der Waals surface area contributed by atoms with E-state index in [1.54, 1.807) is 24.3 Å². The Bertz CT molecular complexity index is 450. The van der Waals surface area contributed by atoms with Crippen molar-refractivity contribution in [1.82, 2.24) is 0 Å². The van der Waals surface area contributed by atoms with Crippen LogP contribution in [-0.4, -0.2) is 30.0 Å². The summed E-state index contributed by atoms with van der Waals surface area (Å²) in [5, 5.41) is 0. The highest BCUT2D eigenvalue weighted by Crippen LogP contribution is 2.37. The number of allylic oxidation sites excluding steroid dienone is 1. The maximum atomic E-state index is 13.2. The maximum absolute atomic E-state index is 13.2. The minimum Gasteiger partial charge on any atom is -0.378 e. The van der Waals surface area contributed by atoms with Crippen LogP contribution in [0.3, 0.4) is 0 Å². The van der Waals surface area contributed by atoms with Gasteiger partial charge in [0.05, 0.1) is 0 Å². The third-order valence-corrected chi connectivity index (χ3v) is 2.80. The van der Waals surface area contributed by atoms with Crippen molar-refractivity contribution in [3.8, 4) is 0 Å². The van der Waals surface area contributed by atoms with Crippen LogP contribution in [0, 0.1) is 0 Å². The van der Waals surface area contributed by atoms with Gasteiger partial charge in [0.1, 0.15) is 12.0 Å². The van der Waals surface area contributed by atoms with Crippen LogP contribution in [-0.2, 0) is 4.57 Å². The van der Waals surface area contributed by atoms with Crippen LogP contribution in [0.5, 0.6) is 0 Å². The van der Waals surface area contributed by atoms with Crippen LogP contribution < -0.4 is 4.90 Å². The molecule has 0 spiro atoms. The number of anilines is 1. The van der Waals surface area contributed by atoms with E-state index >= 15 is 0 Å². The smallest absolute Gasteiger partial charge is 0.332 e. The molecule has 0 radical (unpaired) electrons.